The van der Waals surface area contributed by atoms with Gasteiger partial charge in [-0.05, 0) is 41.5 Å². The molecule has 5 nitrogen and oxygen atoms in total. The molecule has 1 aliphatic heterocycles. The summed E-state index contributed by atoms with van der Waals surface area (Å²) in [6.07, 6.45) is 1.59. The lowest BCUT2D eigenvalue weighted by Crippen LogP contribution is -2.30. The number of urea groups is 1. The van der Waals surface area contributed by atoms with Gasteiger partial charge in [0.15, 0.2) is 0 Å². The number of hydrogen-bond donors (Lipinski definition) is 1. The number of carbonyl (C=O) groups is 2. The Bertz CT molecular complexity index is 865. The standard InChI is InChI=1S/C18H14BrClN2O3/c1-25-16-7-4-12(8-14(16)20)9-15-17(23)22(18(24)21-15)10-11-2-5-13(19)6-3-11/h2-9H,10H2,1H3,(H,21,24)/b15-9+. The maximum Gasteiger partial charge on any atom is 0.329 e. The van der Waals surface area contributed by atoms with Crippen molar-refractivity contribution in [3.63, 3.8) is 0 Å². The van der Waals surface area contributed by atoms with Crippen LogP contribution >= 0.6 is 27.5 Å². The molecule has 3 rings (SSSR count). The first-order valence-corrected chi connectivity index (χ1v) is 8.57. The van der Waals surface area contributed by atoms with E-state index < -0.39 is 6.03 Å². The molecule has 1 heterocycles. The number of hydrogen-bond acceptors (Lipinski definition) is 3. The normalized spacial score (nSPS) is 15.6. The third-order valence-electron chi connectivity index (χ3n) is 3.70. The highest BCUT2D eigenvalue weighted by atomic mass is 79.9. The second-order valence-electron chi connectivity index (χ2n) is 5.40. The first kappa shape index (κ1) is 17.5. The van der Waals surface area contributed by atoms with Crippen molar-refractivity contribution in [3.05, 3.63) is 68.8 Å². The zero-order chi connectivity index (χ0) is 18.0. The molecular formula is C18H14BrClN2O3. The average molecular weight is 422 g/mol. The molecule has 1 aliphatic rings. The monoisotopic (exact) mass is 420 g/mol. The van der Waals surface area contributed by atoms with E-state index in [1.54, 1.807) is 24.3 Å². The number of nitrogens with zero attached hydrogens (tertiary/aromatic N) is 1. The topological polar surface area (TPSA) is 58.6 Å². The van der Waals surface area contributed by atoms with Gasteiger partial charge in [-0.1, -0.05) is 45.7 Å². The van der Waals surface area contributed by atoms with Gasteiger partial charge in [0.1, 0.15) is 11.4 Å². The molecule has 3 amide bonds. The first-order valence-electron chi connectivity index (χ1n) is 7.40. The van der Waals surface area contributed by atoms with Crippen molar-refractivity contribution in [2.24, 2.45) is 0 Å². The Morgan fingerprint density at radius 1 is 1.20 bits per heavy atom. The molecule has 0 spiro atoms. The van der Waals surface area contributed by atoms with E-state index in [1.807, 2.05) is 24.3 Å². The van der Waals surface area contributed by atoms with Crippen molar-refractivity contribution in [3.8, 4) is 5.75 Å². The van der Waals surface area contributed by atoms with Crippen LogP contribution in [0, 0.1) is 0 Å². The van der Waals surface area contributed by atoms with E-state index in [4.69, 9.17) is 16.3 Å². The molecule has 2 aromatic rings. The smallest absolute Gasteiger partial charge is 0.329 e. The van der Waals surface area contributed by atoms with Gasteiger partial charge < -0.3 is 10.1 Å². The second-order valence-corrected chi connectivity index (χ2v) is 6.72. The minimum Gasteiger partial charge on any atom is -0.495 e. The first-order chi connectivity index (χ1) is 12.0. The number of rotatable bonds is 4. The van der Waals surface area contributed by atoms with Gasteiger partial charge in [-0.25, -0.2) is 4.79 Å². The maximum atomic E-state index is 12.5. The molecule has 0 saturated carbocycles. The number of carbonyl (C=O) groups excluding carboxylic acids is 2. The van der Waals surface area contributed by atoms with E-state index in [-0.39, 0.29) is 18.1 Å². The number of amides is 3. The van der Waals surface area contributed by atoms with Crippen molar-refractivity contribution < 1.29 is 14.3 Å². The number of halogens is 2. The second kappa shape index (κ2) is 7.29. The Kier molecular flexibility index (Phi) is 5.11. The molecule has 1 fully saturated rings. The molecule has 1 saturated heterocycles. The summed E-state index contributed by atoms with van der Waals surface area (Å²) in [5.41, 5.74) is 1.77. The van der Waals surface area contributed by atoms with Crippen molar-refractivity contribution in [2.45, 2.75) is 6.54 Å². The third kappa shape index (κ3) is 3.86. The molecule has 128 valence electrons. The SMILES string of the molecule is COc1ccc(/C=C2/NC(=O)N(Cc3ccc(Br)cc3)C2=O)cc1Cl. The Hall–Kier alpha value is -2.31. The van der Waals surface area contributed by atoms with E-state index in [0.29, 0.717) is 16.3 Å². The van der Waals surface area contributed by atoms with E-state index in [1.165, 1.54) is 12.0 Å². The van der Waals surface area contributed by atoms with Crippen molar-refractivity contribution in [1.29, 1.82) is 0 Å². The van der Waals surface area contributed by atoms with Gasteiger partial charge >= 0.3 is 6.03 Å². The molecule has 25 heavy (non-hydrogen) atoms. The van der Waals surface area contributed by atoms with Crippen LogP contribution in [0.1, 0.15) is 11.1 Å². The molecule has 0 bridgehead atoms. The third-order valence-corrected chi connectivity index (χ3v) is 4.53. The van der Waals surface area contributed by atoms with Crippen molar-refractivity contribution in [1.82, 2.24) is 10.2 Å². The summed E-state index contributed by atoms with van der Waals surface area (Å²) in [7, 11) is 1.53. The van der Waals surface area contributed by atoms with Gasteiger partial charge in [-0.3, -0.25) is 9.69 Å². The maximum absolute atomic E-state index is 12.5. The number of imide groups is 1. The highest BCUT2D eigenvalue weighted by Crippen LogP contribution is 2.26. The quantitative estimate of drug-likeness (QED) is 0.594. The van der Waals surface area contributed by atoms with Gasteiger partial charge in [0, 0.05) is 4.47 Å². The van der Waals surface area contributed by atoms with Crippen LogP contribution in [0.5, 0.6) is 5.75 Å². The lowest BCUT2D eigenvalue weighted by molar-refractivity contribution is -0.123. The van der Waals surface area contributed by atoms with Crippen LogP contribution in [-0.4, -0.2) is 23.9 Å². The minimum absolute atomic E-state index is 0.207. The van der Waals surface area contributed by atoms with E-state index in [9.17, 15) is 9.59 Å². The molecule has 0 atom stereocenters. The predicted octanol–water partition coefficient (Wildman–Crippen LogP) is 4.20. The van der Waals surface area contributed by atoms with Crippen LogP contribution in [0.15, 0.2) is 52.6 Å². The Morgan fingerprint density at radius 3 is 2.56 bits per heavy atom. The molecular weight excluding hydrogens is 408 g/mol. The summed E-state index contributed by atoms with van der Waals surface area (Å²) in [5, 5.41) is 3.03. The van der Waals surface area contributed by atoms with Crippen LogP contribution in [0.3, 0.4) is 0 Å². The fourth-order valence-corrected chi connectivity index (χ4v) is 2.96. The average Bonchev–Trinajstić information content (AvgIpc) is 2.84. The number of benzene rings is 2. The molecule has 7 heteroatoms. The fourth-order valence-electron chi connectivity index (χ4n) is 2.43. The fraction of sp³-hybridized carbons (Fsp3) is 0.111. The minimum atomic E-state index is -0.446. The number of methoxy groups -OCH3 is 1. The lowest BCUT2D eigenvalue weighted by Gasteiger charge is -2.11. The zero-order valence-electron chi connectivity index (χ0n) is 13.3. The van der Waals surface area contributed by atoms with Gasteiger partial charge in [0.2, 0.25) is 0 Å². The molecule has 0 aromatic heterocycles. The van der Waals surface area contributed by atoms with Crippen LogP contribution in [0.4, 0.5) is 4.79 Å². The van der Waals surface area contributed by atoms with E-state index >= 15 is 0 Å². The lowest BCUT2D eigenvalue weighted by atomic mass is 10.1. The Morgan fingerprint density at radius 2 is 1.92 bits per heavy atom. The molecule has 0 aliphatic carbocycles. The highest BCUT2D eigenvalue weighted by Gasteiger charge is 2.33. The number of ether oxygens (including phenoxy) is 1. The van der Waals surface area contributed by atoms with Crippen LogP contribution in [0.25, 0.3) is 6.08 Å². The highest BCUT2D eigenvalue weighted by molar-refractivity contribution is 9.10. The van der Waals surface area contributed by atoms with Crippen molar-refractivity contribution >= 4 is 45.5 Å². The summed E-state index contributed by atoms with van der Waals surface area (Å²) in [6.45, 7) is 0.207. The van der Waals surface area contributed by atoms with E-state index in [2.05, 4.69) is 21.2 Å². The van der Waals surface area contributed by atoms with E-state index in [0.717, 1.165) is 10.0 Å². The van der Waals surface area contributed by atoms with Gasteiger partial charge in [-0.2, -0.15) is 0 Å². The molecule has 2 aromatic carbocycles. The molecule has 0 unspecified atom stereocenters. The van der Waals surface area contributed by atoms with Crippen LogP contribution in [-0.2, 0) is 11.3 Å². The summed E-state index contributed by atoms with van der Waals surface area (Å²) >= 11 is 9.44. The molecule has 0 radical (unpaired) electrons. The Balaban J connectivity index is 1.80. The molecule has 1 N–H and O–H groups in total. The zero-order valence-corrected chi connectivity index (χ0v) is 15.6. The summed E-state index contributed by atoms with van der Waals surface area (Å²) < 4.78 is 6.03. The predicted molar refractivity (Wildman–Crippen MR) is 99.2 cm³/mol. The van der Waals surface area contributed by atoms with Crippen LogP contribution < -0.4 is 10.1 Å². The summed E-state index contributed by atoms with van der Waals surface area (Å²) in [4.78, 5) is 25.8. The van der Waals surface area contributed by atoms with Crippen LogP contribution in [0.2, 0.25) is 5.02 Å². The Labute approximate surface area is 158 Å². The van der Waals surface area contributed by atoms with Gasteiger partial charge in [-0.15, -0.1) is 0 Å². The summed E-state index contributed by atoms with van der Waals surface area (Å²) in [6, 6.07) is 12.1. The largest absolute Gasteiger partial charge is 0.495 e. The van der Waals surface area contributed by atoms with Crippen molar-refractivity contribution in [2.75, 3.05) is 7.11 Å². The van der Waals surface area contributed by atoms with Gasteiger partial charge in [0.25, 0.3) is 5.91 Å². The summed E-state index contributed by atoms with van der Waals surface area (Å²) in [5.74, 6) is 0.169. The number of nitrogens with one attached hydrogen (secondary N) is 1. The van der Waals surface area contributed by atoms with Gasteiger partial charge in [0.05, 0.1) is 18.7 Å².